The summed E-state index contributed by atoms with van der Waals surface area (Å²) in [5, 5.41) is 1.12. The van der Waals surface area contributed by atoms with Gasteiger partial charge >= 0.3 is 0 Å². The molecule has 1 atom stereocenters. The van der Waals surface area contributed by atoms with Gasteiger partial charge in [-0.25, -0.2) is 9.37 Å². The minimum Gasteiger partial charge on any atom is -0.273 e. The first kappa shape index (κ1) is 14.9. The summed E-state index contributed by atoms with van der Waals surface area (Å²) >= 11 is 8.82. The Balaban J connectivity index is 1.76. The Kier molecular flexibility index (Phi) is 3.75. The molecule has 1 aliphatic heterocycles. The van der Waals surface area contributed by atoms with Crippen molar-refractivity contribution in [3.8, 4) is 0 Å². The van der Waals surface area contributed by atoms with Crippen LogP contribution in [0.1, 0.15) is 10.9 Å². The van der Waals surface area contributed by atoms with E-state index >= 15 is 0 Å². The summed E-state index contributed by atoms with van der Waals surface area (Å²) in [4.78, 5) is 18.5. The summed E-state index contributed by atoms with van der Waals surface area (Å²) < 4.78 is 14.1. The van der Waals surface area contributed by atoms with Crippen LogP contribution in [-0.2, 0) is 4.79 Å². The highest BCUT2D eigenvalue weighted by molar-refractivity contribution is 8.00. The number of thioether (sulfide) groups is 1. The zero-order valence-electron chi connectivity index (χ0n) is 11.7. The molecule has 1 aromatic heterocycles. The van der Waals surface area contributed by atoms with Crippen LogP contribution >= 0.6 is 34.7 Å². The van der Waals surface area contributed by atoms with E-state index in [0.717, 1.165) is 10.3 Å². The molecule has 0 aliphatic carbocycles. The Morgan fingerprint density at radius 3 is 2.78 bits per heavy atom. The maximum atomic E-state index is 13.4. The minimum absolute atomic E-state index is 0.00878. The second-order valence-electron chi connectivity index (χ2n) is 5.09. The van der Waals surface area contributed by atoms with Crippen molar-refractivity contribution in [3.05, 3.63) is 58.9 Å². The molecule has 0 spiro atoms. The molecule has 1 amide bonds. The maximum absolute atomic E-state index is 13.4. The Bertz CT molecular complexity index is 897. The SMILES string of the molecule is O=C1CSC(c2ccc(Cl)cc2)N1c1nc2ccc(F)cc2s1. The van der Waals surface area contributed by atoms with Crippen molar-refractivity contribution in [3.63, 3.8) is 0 Å². The first-order valence-corrected chi connectivity index (χ1v) is 9.11. The lowest BCUT2D eigenvalue weighted by atomic mass is 10.2. The zero-order valence-corrected chi connectivity index (χ0v) is 14.1. The number of hydrogen-bond donors (Lipinski definition) is 0. The van der Waals surface area contributed by atoms with Crippen LogP contribution in [-0.4, -0.2) is 16.6 Å². The van der Waals surface area contributed by atoms with Crippen LogP contribution in [0.4, 0.5) is 9.52 Å². The Morgan fingerprint density at radius 2 is 2.00 bits per heavy atom. The van der Waals surface area contributed by atoms with Crippen LogP contribution in [0.5, 0.6) is 0 Å². The molecule has 0 saturated carbocycles. The van der Waals surface area contributed by atoms with Crippen LogP contribution in [0.2, 0.25) is 5.02 Å². The van der Waals surface area contributed by atoms with Crippen molar-refractivity contribution in [2.45, 2.75) is 5.37 Å². The van der Waals surface area contributed by atoms with Gasteiger partial charge in [-0.3, -0.25) is 9.69 Å². The van der Waals surface area contributed by atoms with Crippen molar-refractivity contribution in [1.82, 2.24) is 4.98 Å². The van der Waals surface area contributed by atoms with Gasteiger partial charge in [0.1, 0.15) is 11.2 Å². The van der Waals surface area contributed by atoms with E-state index < -0.39 is 0 Å². The molecule has 0 bridgehead atoms. The number of benzene rings is 2. The molecule has 0 N–H and O–H groups in total. The van der Waals surface area contributed by atoms with E-state index in [9.17, 15) is 9.18 Å². The van der Waals surface area contributed by atoms with Gasteiger partial charge in [0, 0.05) is 5.02 Å². The van der Waals surface area contributed by atoms with Crippen LogP contribution in [0.3, 0.4) is 0 Å². The van der Waals surface area contributed by atoms with Crippen molar-refractivity contribution in [1.29, 1.82) is 0 Å². The number of hydrogen-bond acceptors (Lipinski definition) is 4. The molecule has 1 aliphatic rings. The predicted octanol–water partition coefficient (Wildman–Crippen LogP) is 4.87. The lowest BCUT2D eigenvalue weighted by Crippen LogP contribution is -2.27. The third kappa shape index (κ3) is 2.71. The van der Waals surface area contributed by atoms with E-state index in [4.69, 9.17) is 11.6 Å². The maximum Gasteiger partial charge on any atom is 0.240 e. The van der Waals surface area contributed by atoms with E-state index in [1.54, 1.807) is 22.7 Å². The van der Waals surface area contributed by atoms with Gasteiger partial charge in [0.25, 0.3) is 0 Å². The highest BCUT2D eigenvalue weighted by Crippen LogP contribution is 2.44. The van der Waals surface area contributed by atoms with E-state index in [0.29, 0.717) is 21.4 Å². The van der Waals surface area contributed by atoms with Crippen molar-refractivity contribution < 1.29 is 9.18 Å². The van der Waals surface area contributed by atoms with Gasteiger partial charge in [0.05, 0.1) is 16.0 Å². The molecule has 3 aromatic rings. The lowest BCUT2D eigenvalue weighted by molar-refractivity contribution is -0.115. The lowest BCUT2D eigenvalue weighted by Gasteiger charge is -2.21. The van der Waals surface area contributed by atoms with Gasteiger partial charge < -0.3 is 0 Å². The molecule has 3 nitrogen and oxygen atoms in total. The molecule has 116 valence electrons. The van der Waals surface area contributed by atoms with E-state index in [-0.39, 0.29) is 17.1 Å². The Hall–Kier alpha value is -1.63. The third-order valence-corrected chi connectivity index (χ3v) is 6.05. The number of amides is 1. The van der Waals surface area contributed by atoms with Gasteiger partial charge in [0.15, 0.2) is 5.13 Å². The first-order valence-electron chi connectivity index (χ1n) is 6.87. The van der Waals surface area contributed by atoms with Gasteiger partial charge in [-0.05, 0) is 35.9 Å². The van der Waals surface area contributed by atoms with Crippen molar-refractivity contribution in [2.24, 2.45) is 0 Å². The van der Waals surface area contributed by atoms with Crippen LogP contribution in [0, 0.1) is 5.82 Å². The molecule has 0 radical (unpaired) electrons. The van der Waals surface area contributed by atoms with E-state index in [1.807, 2.05) is 24.3 Å². The standard InChI is InChI=1S/C16H10ClFN2OS2/c17-10-3-1-9(2-4-10)15-20(14(21)8-22-15)16-19-12-6-5-11(18)7-13(12)23-16/h1-7,15H,8H2. The van der Waals surface area contributed by atoms with Crippen LogP contribution in [0.15, 0.2) is 42.5 Å². The second-order valence-corrected chi connectivity index (χ2v) is 7.60. The summed E-state index contributed by atoms with van der Waals surface area (Å²) in [6.45, 7) is 0. The fourth-order valence-electron chi connectivity index (χ4n) is 2.49. The van der Waals surface area contributed by atoms with Gasteiger partial charge in [-0.15, -0.1) is 11.8 Å². The van der Waals surface area contributed by atoms with E-state index in [1.165, 1.54) is 23.5 Å². The number of nitrogens with zero attached hydrogens (tertiary/aromatic N) is 2. The fraction of sp³-hybridized carbons (Fsp3) is 0.125. The number of carbonyl (C=O) groups is 1. The highest BCUT2D eigenvalue weighted by Gasteiger charge is 2.36. The summed E-state index contributed by atoms with van der Waals surface area (Å²) in [6, 6.07) is 11.9. The van der Waals surface area contributed by atoms with Crippen LogP contribution in [0.25, 0.3) is 10.2 Å². The van der Waals surface area contributed by atoms with Gasteiger partial charge in [0.2, 0.25) is 5.91 Å². The number of carbonyl (C=O) groups excluding carboxylic acids is 1. The average molecular weight is 365 g/mol. The van der Waals surface area contributed by atoms with E-state index in [2.05, 4.69) is 4.98 Å². The summed E-state index contributed by atoms with van der Waals surface area (Å²) in [5.41, 5.74) is 1.70. The topological polar surface area (TPSA) is 33.2 Å². The third-order valence-electron chi connectivity index (χ3n) is 3.57. The van der Waals surface area contributed by atoms with Crippen LogP contribution < -0.4 is 4.90 Å². The number of fused-ring (bicyclic) bond motifs is 1. The number of anilines is 1. The number of thiazole rings is 1. The highest BCUT2D eigenvalue weighted by atomic mass is 35.5. The summed E-state index contributed by atoms with van der Waals surface area (Å²) in [6.07, 6.45) is 0. The number of halogens is 2. The molecule has 7 heteroatoms. The molecule has 2 aromatic carbocycles. The largest absolute Gasteiger partial charge is 0.273 e. The fourth-order valence-corrected chi connectivity index (χ4v) is 4.88. The van der Waals surface area contributed by atoms with Gasteiger partial charge in [-0.1, -0.05) is 35.1 Å². The molecule has 23 heavy (non-hydrogen) atoms. The first-order chi connectivity index (χ1) is 11.1. The summed E-state index contributed by atoms with van der Waals surface area (Å²) in [5.74, 6) is 0.107. The average Bonchev–Trinajstić information content (AvgIpc) is 3.10. The molecular weight excluding hydrogens is 355 g/mol. The van der Waals surface area contributed by atoms with Gasteiger partial charge in [-0.2, -0.15) is 0 Å². The minimum atomic E-state index is -0.302. The quantitative estimate of drug-likeness (QED) is 0.650. The smallest absolute Gasteiger partial charge is 0.240 e. The summed E-state index contributed by atoms with van der Waals surface area (Å²) in [7, 11) is 0. The number of rotatable bonds is 2. The predicted molar refractivity (Wildman–Crippen MR) is 93.7 cm³/mol. The zero-order chi connectivity index (χ0) is 16.0. The monoisotopic (exact) mass is 364 g/mol. The normalized spacial score (nSPS) is 18.1. The molecule has 4 rings (SSSR count). The Morgan fingerprint density at radius 1 is 1.22 bits per heavy atom. The molecule has 2 heterocycles. The molecule has 1 unspecified atom stereocenters. The molecule has 1 saturated heterocycles. The molecular formula is C16H10ClFN2OS2. The molecule has 1 fully saturated rings. The second kappa shape index (κ2) is 5.78. The Labute approximate surface area is 145 Å². The number of aromatic nitrogens is 1. The van der Waals surface area contributed by atoms with Crippen molar-refractivity contribution >= 4 is 56.0 Å². The van der Waals surface area contributed by atoms with Crippen molar-refractivity contribution in [2.75, 3.05) is 10.7 Å².